The van der Waals surface area contributed by atoms with Gasteiger partial charge < -0.3 is 0 Å². The van der Waals surface area contributed by atoms with Crippen molar-refractivity contribution in [1.82, 2.24) is 0 Å². The zero-order valence-electron chi connectivity index (χ0n) is 2.58. The van der Waals surface area contributed by atoms with E-state index in [4.69, 9.17) is 0 Å². The summed E-state index contributed by atoms with van der Waals surface area (Å²) in [6, 6.07) is 0. The molecule has 0 aliphatic carbocycles. The van der Waals surface area contributed by atoms with Crippen molar-refractivity contribution in [2.24, 2.45) is 0 Å². The first-order valence-electron chi connectivity index (χ1n) is 0.789. The van der Waals surface area contributed by atoms with Gasteiger partial charge in [-0.3, -0.25) is 0 Å². The van der Waals surface area contributed by atoms with Crippen LogP contribution in [-0.4, -0.2) is 11.0 Å². The predicted octanol–water partition coefficient (Wildman–Crippen LogP) is 0.259. The fraction of sp³-hybridized carbons (Fsp3) is 0.333. The van der Waals surface area contributed by atoms with E-state index in [0.717, 1.165) is 0 Å². The Labute approximate surface area is 31.2 Å². The largest absolute Gasteiger partial charge is 0.120 e. The summed E-state index contributed by atoms with van der Waals surface area (Å²) in [7, 11) is 0. The maximum atomic E-state index is 4.60. The summed E-state index contributed by atoms with van der Waals surface area (Å²) in [5, 5.41) is 0. The van der Waals surface area contributed by atoms with Crippen LogP contribution in [0, 0.1) is 12.3 Å². The topological polar surface area (TPSA) is 0 Å². The highest BCUT2D eigenvalue weighted by atomic mass is 28.1. The molecule has 0 amide bonds. The van der Waals surface area contributed by atoms with Gasteiger partial charge in [0.15, 0.2) is 0 Å². The fourth-order valence-corrected chi connectivity index (χ4v) is 0. The van der Waals surface area contributed by atoms with Crippen LogP contribution in [0.1, 0.15) is 6.92 Å². The van der Waals surface area contributed by atoms with Crippen molar-refractivity contribution in [1.29, 1.82) is 0 Å². The molecule has 0 aliphatic heterocycles. The summed E-state index contributed by atoms with van der Waals surface area (Å²) < 4.78 is 0. The van der Waals surface area contributed by atoms with Crippen LogP contribution in [0.25, 0.3) is 0 Å². The molecule has 0 unspecified atom stereocenters. The Morgan fingerprint density at radius 3 is 1.75 bits per heavy atom. The minimum absolute atomic E-state index is 0. The molecule has 0 saturated carbocycles. The van der Waals surface area contributed by atoms with Gasteiger partial charge in [-0.25, -0.2) is 0 Å². The van der Waals surface area contributed by atoms with E-state index in [9.17, 15) is 0 Å². The number of hydrogen-bond donors (Lipinski definition) is 0. The fourth-order valence-electron chi connectivity index (χ4n) is 0. The van der Waals surface area contributed by atoms with E-state index in [1.165, 1.54) is 0 Å². The summed E-state index contributed by atoms with van der Waals surface area (Å²) in [4.78, 5) is 0. The van der Waals surface area contributed by atoms with Gasteiger partial charge in [0.1, 0.15) is 0 Å². The number of rotatable bonds is 0. The molecule has 1 heteroatoms. The Kier molecular flexibility index (Phi) is 33.5. The third-order valence-electron chi connectivity index (χ3n) is 0. The van der Waals surface area contributed by atoms with E-state index in [2.05, 4.69) is 12.3 Å². The second kappa shape index (κ2) is 14.5. The molecule has 0 aromatic rings. The third kappa shape index (κ3) is 21.5. The molecule has 4 radical (unpaired) electrons. The summed E-state index contributed by atoms with van der Waals surface area (Å²) >= 11 is 0. The van der Waals surface area contributed by atoms with Gasteiger partial charge in [-0.05, 0) is 6.92 Å². The lowest BCUT2D eigenvalue weighted by Crippen LogP contribution is -1.10. The van der Waals surface area contributed by atoms with Gasteiger partial charge in [-0.1, -0.05) is 0 Å². The smallest absolute Gasteiger partial charge is 0 e. The van der Waals surface area contributed by atoms with Crippen LogP contribution < -0.4 is 0 Å². The summed E-state index contributed by atoms with van der Waals surface area (Å²) in [5.41, 5.74) is 0. The van der Waals surface area contributed by atoms with Crippen molar-refractivity contribution in [2.45, 2.75) is 6.92 Å². The molecule has 0 nitrogen and oxygen atoms in total. The molecule has 20 valence electrons. The lowest BCUT2D eigenvalue weighted by Gasteiger charge is -1.23. The van der Waals surface area contributed by atoms with Crippen molar-refractivity contribution in [3.8, 4) is 12.3 Å². The van der Waals surface area contributed by atoms with E-state index < -0.39 is 0 Å². The normalized spacial score (nSPS) is 2.00. The quantitative estimate of drug-likeness (QED) is 0.282. The molecule has 0 bridgehead atoms. The Bertz CT molecular complexity index is 24.8. The first kappa shape index (κ1) is 9.22. The van der Waals surface area contributed by atoms with Crippen LogP contribution in [0.4, 0.5) is 0 Å². The molecule has 0 spiro atoms. The van der Waals surface area contributed by atoms with Crippen molar-refractivity contribution in [2.75, 3.05) is 0 Å². The summed E-state index contributed by atoms with van der Waals surface area (Å²) in [5.74, 6) is 2.25. The van der Waals surface area contributed by atoms with E-state index in [-0.39, 0.29) is 11.0 Å². The molecule has 0 aromatic carbocycles. The van der Waals surface area contributed by atoms with Crippen LogP contribution >= 0.6 is 0 Å². The maximum Gasteiger partial charge on any atom is 0 e. The standard InChI is InChI=1S/C3H4.Si/c1-3-2;/h1H,2H3;. The lowest BCUT2D eigenvalue weighted by atomic mass is 10.9. The zero-order chi connectivity index (χ0) is 2.71. The number of hydrogen-bond acceptors (Lipinski definition) is 0. The highest BCUT2D eigenvalue weighted by Gasteiger charge is 1.09. The molecule has 0 atom stereocenters. The second-order valence-corrected chi connectivity index (χ2v) is 0.289. The van der Waals surface area contributed by atoms with E-state index in [1.54, 1.807) is 6.92 Å². The number of terminal acetylenes is 1. The van der Waals surface area contributed by atoms with Crippen molar-refractivity contribution in [3.05, 3.63) is 0 Å². The Morgan fingerprint density at radius 1 is 1.75 bits per heavy atom. The highest BCUT2D eigenvalue weighted by molar-refractivity contribution is 5.75. The molecule has 0 saturated heterocycles. The van der Waals surface area contributed by atoms with Gasteiger partial charge in [0, 0.05) is 11.0 Å². The monoisotopic (exact) mass is 68.0 g/mol. The molecule has 0 aliphatic rings. The van der Waals surface area contributed by atoms with E-state index in [1.807, 2.05) is 0 Å². The van der Waals surface area contributed by atoms with Gasteiger partial charge >= 0.3 is 0 Å². The van der Waals surface area contributed by atoms with Gasteiger partial charge in [0.25, 0.3) is 0 Å². The molecule has 0 heterocycles. The molecule has 0 fully saturated rings. The Morgan fingerprint density at radius 2 is 1.75 bits per heavy atom. The third-order valence-corrected chi connectivity index (χ3v) is 0. The SMILES string of the molecule is C#CC.[Si]. The maximum absolute atomic E-state index is 4.60. The van der Waals surface area contributed by atoms with E-state index in [0.29, 0.717) is 0 Å². The molecule has 0 aromatic heterocycles. The van der Waals surface area contributed by atoms with Gasteiger partial charge in [0.2, 0.25) is 0 Å². The average molecular weight is 68.2 g/mol. The molecular weight excluding hydrogens is 64.1 g/mol. The van der Waals surface area contributed by atoms with E-state index >= 15 is 0 Å². The summed E-state index contributed by atoms with van der Waals surface area (Å²) in [6.45, 7) is 1.65. The van der Waals surface area contributed by atoms with Crippen molar-refractivity contribution in [3.63, 3.8) is 0 Å². The van der Waals surface area contributed by atoms with Crippen molar-refractivity contribution >= 4 is 11.0 Å². The van der Waals surface area contributed by atoms with Crippen LogP contribution in [0.3, 0.4) is 0 Å². The molecule has 0 N–H and O–H groups in total. The van der Waals surface area contributed by atoms with Gasteiger partial charge in [-0.2, -0.15) is 0 Å². The lowest BCUT2D eigenvalue weighted by molar-refractivity contribution is 1.94. The molecule has 0 rings (SSSR count). The van der Waals surface area contributed by atoms with Crippen LogP contribution in [0.2, 0.25) is 0 Å². The predicted molar refractivity (Wildman–Crippen MR) is 20.3 cm³/mol. The zero-order valence-corrected chi connectivity index (χ0v) is 3.58. The Balaban J connectivity index is 0. The van der Waals surface area contributed by atoms with Gasteiger partial charge in [-0.15, -0.1) is 12.3 Å². The van der Waals surface area contributed by atoms with Crippen LogP contribution in [0.5, 0.6) is 0 Å². The molecule has 4 heavy (non-hydrogen) atoms. The minimum Gasteiger partial charge on any atom is -0.120 e. The Hall–Kier alpha value is -0.223. The minimum atomic E-state index is 0. The second-order valence-electron chi connectivity index (χ2n) is 0.289. The highest BCUT2D eigenvalue weighted by Crippen LogP contribution is 1.21. The van der Waals surface area contributed by atoms with Crippen LogP contribution in [-0.2, 0) is 0 Å². The van der Waals surface area contributed by atoms with Crippen LogP contribution in [0.15, 0.2) is 0 Å². The van der Waals surface area contributed by atoms with Crippen molar-refractivity contribution < 1.29 is 0 Å². The van der Waals surface area contributed by atoms with Gasteiger partial charge in [0.05, 0.1) is 0 Å². The summed E-state index contributed by atoms with van der Waals surface area (Å²) in [6.07, 6.45) is 4.60. The first-order chi connectivity index (χ1) is 1.41. The first-order valence-corrected chi connectivity index (χ1v) is 0.789. The average Bonchev–Trinajstić information content (AvgIpc) is 0.918. The molecular formula is C3H4Si.